The Kier molecular flexibility index (Phi) is 2.95. The molecule has 1 aromatic rings. The van der Waals surface area contributed by atoms with Gasteiger partial charge in [-0.2, -0.15) is 0 Å². The highest BCUT2D eigenvalue weighted by Gasteiger charge is 2.15. The van der Waals surface area contributed by atoms with Gasteiger partial charge in [0.25, 0.3) is 0 Å². The molecule has 0 aliphatic carbocycles. The van der Waals surface area contributed by atoms with Crippen LogP contribution in [0.2, 0.25) is 5.02 Å². The van der Waals surface area contributed by atoms with Crippen LogP contribution in [0.5, 0.6) is 11.5 Å². The smallest absolute Gasteiger partial charge is 0.163 e. The highest BCUT2D eigenvalue weighted by atomic mass is 35.5. The van der Waals surface area contributed by atoms with Crippen LogP contribution in [0.3, 0.4) is 0 Å². The third-order valence-electron chi connectivity index (χ3n) is 1.68. The third kappa shape index (κ3) is 1.68. The Hall–Kier alpha value is -1.00. The maximum absolute atomic E-state index is 13.0. The van der Waals surface area contributed by atoms with Gasteiger partial charge in [0.1, 0.15) is 5.82 Å². The molecule has 1 aromatic carbocycles. The normalized spacial score (nSPS) is 10.2. The summed E-state index contributed by atoms with van der Waals surface area (Å²) in [5.74, 6) is -0.837. The Balaban J connectivity index is 3.39. The van der Waals surface area contributed by atoms with Crippen LogP contribution in [0.25, 0.3) is 0 Å². The van der Waals surface area contributed by atoms with E-state index in [9.17, 15) is 9.50 Å². The third-order valence-corrected chi connectivity index (χ3v) is 2.08. The zero-order chi connectivity index (χ0) is 10.0. The van der Waals surface area contributed by atoms with E-state index in [1.807, 2.05) is 0 Å². The molecule has 0 atom stereocenters. The minimum atomic E-state index is -0.656. The Morgan fingerprint density at radius 2 is 2.31 bits per heavy atom. The summed E-state index contributed by atoms with van der Waals surface area (Å²) in [6.07, 6.45) is 0. The molecule has 3 nitrogen and oxygen atoms in total. The van der Waals surface area contributed by atoms with Crippen molar-refractivity contribution in [1.82, 2.24) is 0 Å². The Bertz CT molecular complexity index is 330. The first-order chi connectivity index (χ1) is 6.11. The van der Waals surface area contributed by atoms with Crippen LogP contribution >= 0.6 is 11.6 Å². The number of hydrogen-bond donors (Lipinski definition) is 2. The van der Waals surface area contributed by atoms with E-state index in [1.165, 1.54) is 7.11 Å². The van der Waals surface area contributed by atoms with Crippen molar-refractivity contribution in [3.05, 3.63) is 22.5 Å². The molecule has 0 aromatic heterocycles. The lowest BCUT2D eigenvalue weighted by atomic mass is 10.2. The lowest BCUT2D eigenvalue weighted by Crippen LogP contribution is -2.00. The minimum absolute atomic E-state index is 0.0300. The quantitative estimate of drug-likeness (QED) is 0.772. The second-order valence-corrected chi connectivity index (χ2v) is 2.78. The number of ether oxygens (including phenoxy) is 1. The van der Waals surface area contributed by atoms with Crippen LogP contribution in [-0.4, -0.2) is 12.2 Å². The van der Waals surface area contributed by atoms with Crippen LogP contribution in [-0.2, 0) is 6.54 Å². The predicted molar refractivity (Wildman–Crippen MR) is 47.5 cm³/mol. The summed E-state index contributed by atoms with van der Waals surface area (Å²) >= 11 is 5.56. The average molecular weight is 206 g/mol. The maximum Gasteiger partial charge on any atom is 0.163 e. The average Bonchev–Trinajstić information content (AvgIpc) is 2.12. The fourth-order valence-electron chi connectivity index (χ4n) is 0.986. The van der Waals surface area contributed by atoms with E-state index in [2.05, 4.69) is 0 Å². The Labute approximate surface area is 79.9 Å². The van der Waals surface area contributed by atoms with Crippen molar-refractivity contribution in [1.29, 1.82) is 0 Å². The lowest BCUT2D eigenvalue weighted by Gasteiger charge is -2.09. The molecule has 0 aliphatic rings. The number of aromatic hydroxyl groups is 1. The number of nitrogens with two attached hydrogens (primary N) is 1. The molecular formula is C8H9ClFNO2. The number of hydrogen-bond acceptors (Lipinski definition) is 3. The molecule has 0 saturated carbocycles. The molecule has 13 heavy (non-hydrogen) atoms. The fourth-order valence-corrected chi connectivity index (χ4v) is 1.21. The molecule has 72 valence electrons. The molecule has 0 bridgehead atoms. The van der Waals surface area contributed by atoms with Gasteiger partial charge in [-0.25, -0.2) is 4.39 Å². The van der Waals surface area contributed by atoms with E-state index in [-0.39, 0.29) is 28.6 Å². The van der Waals surface area contributed by atoms with E-state index in [0.29, 0.717) is 0 Å². The van der Waals surface area contributed by atoms with Crippen LogP contribution < -0.4 is 10.5 Å². The molecule has 0 saturated heterocycles. The second kappa shape index (κ2) is 3.81. The topological polar surface area (TPSA) is 55.5 Å². The number of benzene rings is 1. The molecule has 0 heterocycles. The molecule has 0 unspecified atom stereocenters. The zero-order valence-corrected chi connectivity index (χ0v) is 7.73. The fraction of sp³-hybridized carbons (Fsp3) is 0.250. The van der Waals surface area contributed by atoms with Crippen molar-refractivity contribution in [2.24, 2.45) is 5.73 Å². The minimum Gasteiger partial charge on any atom is -0.504 e. The molecule has 0 radical (unpaired) electrons. The standard InChI is InChI=1S/C8H9ClFNO2/c1-13-6-2-5(10)7(9)4(3-11)8(6)12/h2,12H,3,11H2,1H3. The van der Waals surface area contributed by atoms with Gasteiger partial charge in [-0.05, 0) is 0 Å². The number of phenols is 1. The zero-order valence-electron chi connectivity index (χ0n) is 6.97. The summed E-state index contributed by atoms with van der Waals surface area (Å²) in [5, 5.41) is 9.27. The van der Waals surface area contributed by atoms with Gasteiger partial charge in [0, 0.05) is 18.2 Å². The molecule has 5 heteroatoms. The van der Waals surface area contributed by atoms with Crippen molar-refractivity contribution >= 4 is 11.6 Å². The van der Waals surface area contributed by atoms with E-state index in [4.69, 9.17) is 22.1 Å². The van der Waals surface area contributed by atoms with Crippen LogP contribution in [0.15, 0.2) is 6.07 Å². The van der Waals surface area contributed by atoms with Crippen molar-refractivity contribution in [3.8, 4) is 11.5 Å². The molecule has 0 fully saturated rings. The monoisotopic (exact) mass is 205 g/mol. The summed E-state index contributed by atoms with van der Waals surface area (Å²) in [7, 11) is 1.32. The first-order valence-electron chi connectivity index (χ1n) is 3.55. The Morgan fingerprint density at radius 3 is 2.77 bits per heavy atom. The summed E-state index contributed by atoms with van der Waals surface area (Å²) < 4.78 is 17.7. The van der Waals surface area contributed by atoms with E-state index < -0.39 is 5.82 Å². The van der Waals surface area contributed by atoms with Gasteiger partial charge >= 0.3 is 0 Å². The summed E-state index contributed by atoms with van der Waals surface area (Å²) in [4.78, 5) is 0. The second-order valence-electron chi connectivity index (χ2n) is 2.41. The summed E-state index contributed by atoms with van der Waals surface area (Å²) in [6.45, 7) is -0.0429. The Morgan fingerprint density at radius 1 is 1.69 bits per heavy atom. The van der Waals surface area contributed by atoms with E-state index in [0.717, 1.165) is 6.07 Å². The molecule has 1 rings (SSSR count). The van der Waals surface area contributed by atoms with Crippen LogP contribution in [0.4, 0.5) is 4.39 Å². The van der Waals surface area contributed by atoms with Gasteiger partial charge in [-0.15, -0.1) is 0 Å². The maximum atomic E-state index is 13.0. The number of rotatable bonds is 2. The van der Waals surface area contributed by atoms with Crippen molar-refractivity contribution in [2.45, 2.75) is 6.54 Å². The first-order valence-corrected chi connectivity index (χ1v) is 3.93. The molecule has 0 amide bonds. The van der Waals surface area contributed by atoms with Crippen LogP contribution in [0, 0.1) is 5.82 Å². The van der Waals surface area contributed by atoms with Gasteiger partial charge in [0.2, 0.25) is 0 Å². The van der Waals surface area contributed by atoms with Crippen molar-refractivity contribution in [2.75, 3.05) is 7.11 Å². The van der Waals surface area contributed by atoms with E-state index in [1.54, 1.807) is 0 Å². The lowest BCUT2D eigenvalue weighted by molar-refractivity contribution is 0.367. The van der Waals surface area contributed by atoms with Gasteiger partial charge in [-0.3, -0.25) is 0 Å². The molecular weight excluding hydrogens is 197 g/mol. The van der Waals surface area contributed by atoms with Crippen LogP contribution in [0.1, 0.15) is 5.56 Å². The SMILES string of the molecule is COc1cc(F)c(Cl)c(CN)c1O. The largest absolute Gasteiger partial charge is 0.504 e. The first kappa shape index (κ1) is 10.1. The molecule has 0 spiro atoms. The predicted octanol–water partition coefficient (Wildman–Crippen LogP) is 1.65. The van der Waals surface area contributed by atoms with E-state index >= 15 is 0 Å². The number of halogens is 2. The molecule has 0 aliphatic heterocycles. The number of phenolic OH excluding ortho intramolecular Hbond substituents is 1. The highest BCUT2D eigenvalue weighted by molar-refractivity contribution is 6.31. The van der Waals surface area contributed by atoms with Crippen molar-refractivity contribution in [3.63, 3.8) is 0 Å². The van der Waals surface area contributed by atoms with Gasteiger partial charge < -0.3 is 15.6 Å². The van der Waals surface area contributed by atoms with Gasteiger partial charge in [-0.1, -0.05) is 11.6 Å². The summed E-state index contributed by atoms with van der Waals surface area (Å²) in [6, 6.07) is 1.01. The van der Waals surface area contributed by atoms with Gasteiger partial charge in [0.05, 0.1) is 12.1 Å². The summed E-state index contributed by atoms with van der Waals surface area (Å²) in [5.41, 5.74) is 5.43. The van der Waals surface area contributed by atoms with Crippen molar-refractivity contribution < 1.29 is 14.2 Å². The number of methoxy groups -OCH3 is 1. The highest BCUT2D eigenvalue weighted by Crippen LogP contribution is 2.36. The van der Waals surface area contributed by atoms with Gasteiger partial charge in [0.15, 0.2) is 11.5 Å². The molecule has 3 N–H and O–H groups in total.